The van der Waals surface area contributed by atoms with E-state index < -0.39 is 0 Å². The van der Waals surface area contributed by atoms with Crippen molar-refractivity contribution in [3.63, 3.8) is 0 Å². The molecule has 0 radical (unpaired) electrons. The van der Waals surface area contributed by atoms with Crippen molar-refractivity contribution < 1.29 is 9.66 Å². The van der Waals surface area contributed by atoms with Gasteiger partial charge >= 0.3 is 0 Å². The van der Waals surface area contributed by atoms with Crippen LogP contribution < -0.4 is 15.4 Å². The first kappa shape index (κ1) is 12.6. The molecule has 1 aliphatic heterocycles. The number of nitro benzene ring substituents is 1. The highest BCUT2D eigenvalue weighted by atomic mass is 16.6. The second kappa shape index (κ2) is 4.81. The van der Waals surface area contributed by atoms with E-state index in [0.29, 0.717) is 11.4 Å². The fraction of sp³-hybridized carbons (Fsp3) is 0.500. The van der Waals surface area contributed by atoms with Crippen molar-refractivity contribution in [1.82, 2.24) is 5.32 Å². The van der Waals surface area contributed by atoms with Crippen molar-refractivity contribution in [1.29, 1.82) is 0 Å². The lowest BCUT2D eigenvalue weighted by atomic mass is 10.0. The first-order valence-corrected chi connectivity index (χ1v) is 5.85. The number of hydrogen-bond donors (Lipinski definition) is 2. The van der Waals surface area contributed by atoms with Crippen LogP contribution in [0.15, 0.2) is 18.2 Å². The highest BCUT2D eigenvalue weighted by molar-refractivity contribution is 5.65. The highest BCUT2D eigenvalue weighted by Crippen LogP contribution is 2.32. The molecule has 0 amide bonds. The number of nitrogens with one attached hydrogen (secondary N) is 2. The summed E-state index contributed by atoms with van der Waals surface area (Å²) < 4.78 is 5.11. The number of benzene rings is 1. The van der Waals surface area contributed by atoms with Crippen molar-refractivity contribution in [2.24, 2.45) is 0 Å². The number of rotatable bonds is 4. The average Bonchev–Trinajstić information content (AvgIpc) is 2.75. The van der Waals surface area contributed by atoms with Gasteiger partial charge in [-0.15, -0.1) is 0 Å². The SMILES string of the molecule is COc1ccc([N+](=O)[O-])c(NC2(C)CCNC2)c1. The predicted octanol–water partition coefficient (Wildman–Crippen LogP) is 1.77. The van der Waals surface area contributed by atoms with Crippen LogP contribution in [0.2, 0.25) is 0 Å². The van der Waals surface area contributed by atoms with Gasteiger partial charge in [-0.2, -0.15) is 0 Å². The summed E-state index contributed by atoms with van der Waals surface area (Å²) in [7, 11) is 1.55. The van der Waals surface area contributed by atoms with E-state index in [-0.39, 0.29) is 16.1 Å². The van der Waals surface area contributed by atoms with E-state index in [9.17, 15) is 10.1 Å². The molecule has 2 N–H and O–H groups in total. The Morgan fingerprint density at radius 2 is 2.33 bits per heavy atom. The van der Waals surface area contributed by atoms with Gasteiger partial charge in [0.25, 0.3) is 5.69 Å². The summed E-state index contributed by atoms with van der Waals surface area (Å²) >= 11 is 0. The van der Waals surface area contributed by atoms with Crippen molar-refractivity contribution in [2.75, 3.05) is 25.5 Å². The fourth-order valence-corrected chi connectivity index (χ4v) is 2.15. The maximum atomic E-state index is 11.0. The Labute approximate surface area is 105 Å². The zero-order valence-electron chi connectivity index (χ0n) is 10.5. The van der Waals surface area contributed by atoms with Crippen LogP contribution in [-0.2, 0) is 0 Å². The number of anilines is 1. The first-order valence-electron chi connectivity index (χ1n) is 5.85. The molecule has 1 fully saturated rings. The third-order valence-electron chi connectivity index (χ3n) is 3.21. The van der Waals surface area contributed by atoms with Crippen LogP contribution in [0, 0.1) is 10.1 Å². The summed E-state index contributed by atoms with van der Waals surface area (Å²) in [5.74, 6) is 0.609. The summed E-state index contributed by atoms with van der Waals surface area (Å²) in [5, 5.41) is 17.5. The Morgan fingerprint density at radius 3 is 2.89 bits per heavy atom. The van der Waals surface area contributed by atoms with Gasteiger partial charge in [-0.05, 0) is 26.0 Å². The number of nitrogens with zero attached hydrogens (tertiary/aromatic N) is 1. The molecule has 0 aliphatic carbocycles. The Hall–Kier alpha value is -1.82. The molecule has 6 heteroatoms. The van der Waals surface area contributed by atoms with Crippen LogP contribution in [-0.4, -0.2) is 30.7 Å². The van der Waals surface area contributed by atoms with Crippen molar-refractivity contribution >= 4 is 11.4 Å². The van der Waals surface area contributed by atoms with Crippen LogP contribution in [0.1, 0.15) is 13.3 Å². The van der Waals surface area contributed by atoms with Gasteiger partial charge in [0.1, 0.15) is 11.4 Å². The Bertz CT molecular complexity index is 456. The van der Waals surface area contributed by atoms with E-state index in [0.717, 1.165) is 19.5 Å². The number of hydrogen-bond acceptors (Lipinski definition) is 5. The monoisotopic (exact) mass is 251 g/mol. The van der Waals surface area contributed by atoms with Crippen molar-refractivity contribution in [3.8, 4) is 5.75 Å². The molecule has 1 unspecified atom stereocenters. The molecule has 98 valence electrons. The Balaban J connectivity index is 2.31. The van der Waals surface area contributed by atoms with Crippen molar-refractivity contribution in [3.05, 3.63) is 28.3 Å². The van der Waals surface area contributed by atoms with Gasteiger partial charge < -0.3 is 15.4 Å². The number of methoxy groups -OCH3 is 1. The maximum absolute atomic E-state index is 11.0. The third-order valence-corrected chi connectivity index (χ3v) is 3.21. The van der Waals surface area contributed by atoms with Gasteiger partial charge in [-0.1, -0.05) is 0 Å². The maximum Gasteiger partial charge on any atom is 0.292 e. The second-order valence-corrected chi connectivity index (χ2v) is 4.75. The van der Waals surface area contributed by atoms with E-state index in [2.05, 4.69) is 17.6 Å². The summed E-state index contributed by atoms with van der Waals surface area (Å²) in [6, 6.07) is 4.73. The van der Waals surface area contributed by atoms with Gasteiger partial charge in [0.15, 0.2) is 0 Å². The van der Waals surface area contributed by atoms with Gasteiger partial charge in [0.05, 0.1) is 12.0 Å². The molecule has 0 aromatic heterocycles. The van der Waals surface area contributed by atoms with Crippen LogP contribution in [0.25, 0.3) is 0 Å². The van der Waals surface area contributed by atoms with Crippen molar-refractivity contribution in [2.45, 2.75) is 18.9 Å². The summed E-state index contributed by atoms with van der Waals surface area (Å²) in [4.78, 5) is 10.6. The van der Waals surface area contributed by atoms with E-state index in [4.69, 9.17) is 4.74 Å². The molecule has 0 saturated carbocycles. The average molecular weight is 251 g/mol. The van der Waals surface area contributed by atoms with Gasteiger partial charge in [0, 0.05) is 24.2 Å². The predicted molar refractivity (Wildman–Crippen MR) is 69.2 cm³/mol. The lowest BCUT2D eigenvalue weighted by Gasteiger charge is -2.25. The molecule has 18 heavy (non-hydrogen) atoms. The smallest absolute Gasteiger partial charge is 0.292 e. The van der Waals surface area contributed by atoms with Gasteiger partial charge in [-0.25, -0.2) is 0 Å². The molecule has 1 atom stereocenters. The van der Waals surface area contributed by atoms with Crippen LogP contribution >= 0.6 is 0 Å². The quantitative estimate of drug-likeness (QED) is 0.630. The minimum atomic E-state index is -0.381. The largest absolute Gasteiger partial charge is 0.497 e. The third kappa shape index (κ3) is 2.53. The molecule has 1 heterocycles. The zero-order chi connectivity index (χ0) is 13.2. The Kier molecular flexibility index (Phi) is 3.38. The fourth-order valence-electron chi connectivity index (χ4n) is 2.15. The molecule has 1 aromatic carbocycles. The topological polar surface area (TPSA) is 76.4 Å². The number of nitro groups is 1. The van der Waals surface area contributed by atoms with Crippen LogP contribution in [0.5, 0.6) is 5.75 Å². The standard InChI is InChI=1S/C12H17N3O3/c1-12(5-6-13-8-12)14-10-7-9(18-2)3-4-11(10)15(16)17/h3-4,7,13-14H,5-6,8H2,1-2H3. The van der Waals surface area contributed by atoms with Crippen LogP contribution in [0.4, 0.5) is 11.4 Å². The number of ether oxygens (including phenoxy) is 1. The minimum absolute atomic E-state index is 0.0731. The second-order valence-electron chi connectivity index (χ2n) is 4.75. The van der Waals surface area contributed by atoms with Gasteiger partial charge in [0.2, 0.25) is 0 Å². The van der Waals surface area contributed by atoms with Crippen LogP contribution in [0.3, 0.4) is 0 Å². The lowest BCUT2D eigenvalue weighted by Crippen LogP contribution is -2.37. The molecular weight excluding hydrogens is 234 g/mol. The molecule has 1 aliphatic rings. The molecule has 6 nitrogen and oxygen atoms in total. The first-order chi connectivity index (χ1) is 8.54. The van der Waals surface area contributed by atoms with E-state index in [1.165, 1.54) is 6.07 Å². The van der Waals surface area contributed by atoms with E-state index in [1.54, 1.807) is 19.2 Å². The molecule has 0 spiro atoms. The van der Waals surface area contributed by atoms with E-state index in [1.807, 2.05) is 0 Å². The molecule has 1 saturated heterocycles. The molecule has 1 aromatic rings. The Morgan fingerprint density at radius 1 is 1.56 bits per heavy atom. The van der Waals surface area contributed by atoms with Gasteiger partial charge in [-0.3, -0.25) is 10.1 Å². The molecule has 2 rings (SSSR count). The highest BCUT2D eigenvalue weighted by Gasteiger charge is 2.30. The zero-order valence-corrected chi connectivity index (χ0v) is 10.5. The lowest BCUT2D eigenvalue weighted by molar-refractivity contribution is -0.384. The normalized spacial score (nSPS) is 22.8. The molecular formula is C12H17N3O3. The molecule has 0 bridgehead atoms. The summed E-state index contributed by atoms with van der Waals surface area (Å²) in [6.45, 7) is 3.76. The summed E-state index contributed by atoms with van der Waals surface area (Å²) in [5.41, 5.74) is 0.423. The minimum Gasteiger partial charge on any atom is -0.497 e. The summed E-state index contributed by atoms with van der Waals surface area (Å²) in [6.07, 6.45) is 0.932. The van der Waals surface area contributed by atoms with E-state index >= 15 is 0 Å².